The van der Waals surface area contributed by atoms with Crippen LogP contribution in [-0.2, 0) is 9.59 Å². The Kier molecular flexibility index (Phi) is 3.42. The van der Waals surface area contributed by atoms with Crippen molar-refractivity contribution in [1.82, 2.24) is 4.90 Å². The molecule has 4 heteroatoms. The van der Waals surface area contributed by atoms with E-state index in [1.54, 1.807) is 4.90 Å². The Labute approximate surface area is 78.1 Å². The summed E-state index contributed by atoms with van der Waals surface area (Å²) in [6.07, 6.45) is 1.77. The van der Waals surface area contributed by atoms with Crippen molar-refractivity contribution in [3.63, 3.8) is 0 Å². The minimum atomic E-state index is -0.0495. The Morgan fingerprint density at radius 3 is 2.92 bits per heavy atom. The number of hydrogen-bond acceptors (Lipinski definition) is 3. The molecular formula is C9H16N2O2. The van der Waals surface area contributed by atoms with Gasteiger partial charge < -0.3 is 10.6 Å². The first kappa shape index (κ1) is 10.2. The second-order valence-corrected chi connectivity index (χ2v) is 3.40. The summed E-state index contributed by atoms with van der Waals surface area (Å²) in [5, 5.41) is 0. The predicted molar refractivity (Wildman–Crippen MR) is 49.1 cm³/mol. The van der Waals surface area contributed by atoms with Gasteiger partial charge in [0.05, 0.1) is 12.6 Å². The zero-order valence-corrected chi connectivity index (χ0v) is 7.95. The summed E-state index contributed by atoms with van der Waals surface area (Å²) < 4.78 is 0. The van der Waals surface area contributed by atoms with Gasteiger partial charge in [0.15, 0.2) is 5.78 Å². The molecule has 0 aromatic rings. The maximum absolute atomic E-state index is 11.5. The van der Waals surface area contributed by atoms with Crippen molar-refractivity contribution in [3.8, 4) is 0 Å². The minimum Gasteiger partial charge on any atom is -0.331 e. The van der Waals surface area contributed by atoms with E-state index < -0.39 is 0 Å². The third kappa shape index (κ3) is 2.28. The van der Waals surface area contributed by atoms with Crippen molar-refractivity contribution < 1.29 is 9.59 Å². The molecular weight excluding hydrogens is 168 g/mol. The number of nitrogens with two attached hydrogens (primary N) is 1. The largest absolute Gasteiger partial charge is 0.331 e. The van der Waals surface area contributed by atoms with E-state index in [2.05, 4.69) is 0 Å². The van der Waals surface area contributed by atoms with Crippen molar-refractivity contribution in [1.29, 1.82) is 0 Å². The Balaban J connectivity index is 2.57. The zero-order chi connectivity index (χ0) is 9.84. The summed E-state index contributed by atoms with van der Waals surface area (Å²) in [5.74, 6) is 0.184. The van der Waals surface area contributed by atoms with Gasteiger partial charge in [0, 0.05) is 19.4 Å². The smallest absolute Gasteiger partial charge is 0.223 e. The maximum Gasteiger partial charge on any atom is 0.223 e. The van der Waals surface area contributed by atoms with Gasteiger partial charge in [-0.25, -0.2) is 0 Å². The first-order chi connectivity index (χ1) is 6.19. The molecule has 1 rings (SSSR count). The molecule has 0 spiro atoms. The van der Waals surface area contributed by atoms with Crippen LogP contribution in [0.2, 0.25) is 0 Å². The SMILES string of the molecule is CCCC(=O)N1CC(=O)CC1CN. The summed E-state index contributed by atoms with van der Waals surface area (Å²) >= 11 is 0. The number of Topliss-reactive ketones (excluding diaryl/α,β-unsaturated/α-hetero) is 1. The standard InChI is InChI=1S/C9H16N2O2/c1-2-3-9(13)11-6-8(12)4-7(11)5-10/h7H,2-6,10H2,1H3. The van der Waals surface area contributed by atoms with Gasteiger partial charge in [-0.15, -0.1) is 0 Å². The van der Waals surface area contributed by atoms with E-state index in [-0.39, 0.29) is 24.3 Å². The first-order valence-electron chi connectivity index (χ1n) is 4.70. The van der Waals surface area contributed by atoms with Crippen LogP contribution in [0.15, 0.2) is 0 Å². The second-order valence-electron chi connectivity index (χ2n) is 3.40. The van der Waals surface area contributed by atoms with Gasteiger partial charge in [0.1, 0.15) is 0 Å². The maximum atomic E-state index is 11.5. The molecule has 1 amide bonds. The number of amides is 1. The Hall–Kier alpha value is -0.900. The summed E-state index contributed by atoms with van der Waals surface area (Å²) in [5.41, 5.74) is 5.47. The predicted octanol–water partition coefficient (Wildman–Crippen LogP) is -0.0848. The molecule has 1 unspecified atom stereocenters. The van der Waals surface area contributed by atoms with Gasteiger partial charge in [-0.05, 0) is 6.42 Å². The van der Waals surface area contributed by atoms with Gasteiger partial charge in [0.2, 0.25) is 5.91 Å². The van der Waals surface area contributed by atoms with Gasteiger partial charge in [-0.2, -0.15) is 0 Å². The van der Waals surface area contributed by atoms with E-state index in [1.165, 1.54) is 0 Å². The van der Waals surface area contributed by atoms with E-state index in [0.717, 1.165) is 6.42 Å². The van der Waals surface area contributed by atoms with Crippen LogP contribution in [0.3, 0.4) is 0 Å². The highest BCUT2D eigenvalue weighted by molar-refractivity contribution is 5.90. The summed E-state index contributed by atoms with van der Waals surface area (Å²) in [7, 11) is 0. The molecule has 1 aliphatic heterocycles. The molecule has 74 valence electrons. The van der Waals surface area contributed by atoms with Crippen LogP contribution in [0.1, 0.15) is 26.2 Å². The highest BCUT2D eigenvalue weighted by atomic mass is 16.2. The molecule has 1 saturated heterocycles. The molecule has 13 heavy (non-hydrogen) atoms. The van der Waals surface area contributed by atoms with Crippen LogP contribution in [0.4, 0.5) is 0 Å². The average molecular weight is 184 g/mol. The molecule has 1 atom stereocenters. The lowest BCUT2D eigenvalue weighted by molar-refractivity contribution is -0.133. The molecule has 0 saturated carbocycles. The van der Waals surface area contributed by atoms with E-state index in [0.29, 0.717) is 19.4 Å². The zero-order valence-electron chi connectivity index (χ0n) is 7.95. The van der Waals surface area contributed by atoms with Gasteiger partial charge >= 0.3 is 0 Å². The number of carbonyl (C=O) groups excluding carboxylic acids is 2. The van der Waals surface area contributed by atoms with Crippen molar-refractivity contribution in [2.24, 2.45) is 5.73 Å². The first-order valence-corrected chi connectivity index (χ1v) is 4.70. The molecule has 1 aliphatic rings. The van der Waals surface area contributed by atoms with Crippen LogP contribution in [0.5, 0.6) is 0 Å². The van der Waals surface area contributed by atoms with Crippen LogP contribution >= 0.6 is 0 Å². The highest BCUT2D eigenvalue weighted by Crippen LogP contribution is 2.14. The summed E-state index contributed by atoms with van der Waals surface area (Å²) in [6.45, 7) is 2.61. The van der Waals surface area contributed by atoms with Crippen LogP contribution in [0, 0.1) is 0 Å². The molecule has 1 heterocycles. The lowest BCUT2D eigenvalue weighted by Crippen LogP contribution is -2.39. The lowest BCUT2D eigenvalue weighted by atomic mass is 10.2. The third-order valence-electron chi connectivity index (χ3n) is 2.31. The van der Waals surface area contributed by atoms with E-state index in [4.69, 9.17) is 5.73 Å². The molecule has 2 N–H and O–H groups in total. The van der Waals surface area contributed by atoms with Crippen LogP contribution < -0.4 is 5.73 Å². The highest BCUT2D eigenvalue weighted by Gasteiger charge is 2.32. The van der Waals surface area contributed by atoms with Crippen LogP contribution in [-0.4, -0.2) is 35.7 Å². The number of carbonyl (C=O) groups is 2. The molecule has 0 aromatic heterocycles. The Bertz CT molecular complexity index is 216. The van der Waals surface area contributed by atoms with Crippen molar-refractivity contribution >= 4 is 11.7 Å². The van der Waals surface area contributed by atoms with E-state index >= 15 is 0 Å². The number of likely N-dealkylation sites (tertiary alicyclic amines) is 1. The van der Waals surface area contributed by atoms with Crippen molar-refractivity contribution in [2.45, 2.75) is 32.2 Å². The molecule has 4 nitrogen and oxygen atoms in total. The van der Waals surface area contributed by atoms with E-state index in [1.807, 2.05) is 6.92 Å². The quantitative estimate of drug-likeness (QED) is 0.667. The third-order valence-corrected chi connectivity index (χ3v) is 2.31. The van der Waals surface area contributed by atoms with Gasteiger partial charge in [-0.1, -0.05) is 6.92 Å². The number of rotatable bonds is 3. The lowest BCUT2D eigenvalue weighted by Gasteiger charge is -2.21. The minimum absolute atomic E-state index is 0.0495. The van der Waals surface area contributed by atoms with Gasteiger partial charge in [-0.3, -0.25) is 9.59 Å². The summed E-state index contributed by atoms with van der Waals surface area (Å²) in [6, 6.07) is -0.0495. The molecule has 0 aromatic carbocycles. The number of hydrogen-bond donors (Lipinski definition) is 1. The molecule has 0 bridgehead atoms. The monoisotopic (exact) mass is 184 g/mol. The fourth-order valence-corrected chi connectivity index (χ4v) is 1.62. The molecule has 0 radical (unpaired) electrons. The molecule has 1 fully saturated rings. The van der Waals surface area contributed by atoms with Crippen LogP contribution in [0.25, 0.3) is 0 Å². The van der Waals surface area contributed by atoms with Crippen molar-refractivity contribution in [3.05, 3.63) is 0 Å². The topological polar surface area (TPSA) is 63.4 Å². The Morgan fingerprint density at radius 2 is 2.38 bits per heavy atom. The average Bonchev–Trinajstić information content (AvgIpc) is 2.47. The summed E-state index contributed by atoms with van der Waals surface area (Å²) in [4.78, 5) is 24.2. The fourth-order valence-electron chi connectivity index (χ4n) is 1.62. The van der Waals surface area contributed by atoms with Gasteiger partial charge in [0.25, 0.3) is 0 Å². The Morgan fingerprint density at radius 1 is 1.69 bits per heavy atom. The van der Waals surface area contributed by atoms with Crippen molar-refractivity contribution in [2.75, 3.05) is 13.1 Å². The number of ketones is 1. The van der Waals surface area contributed by atoms with E-state index in [9.17, 15) is 9.59 Å². The fraction of sp³-hybridized carbons (Fsp3) is 0.778. The normalized spacial score (nSPS) is 22.5. The molecule has 0 aliphatic carbocycles. The second kappa shape index (κ2) is 4.37. The number of nitrogens with zero attached hydrogens (tertiary/aromatic N) is 1.